The van der Waals surface area contributed by atoms with Crippen LogP contribution in [0.4, 0.5) is 23.9 Å². The number of hydrogen-bond acceptors (Lipinski definition) is 6. The van der Waals surface area contributed by atoms with Gasteiger partial charge in [0.05, 0.1) is 23.8 Å². The first-order valence-corrected chi connectivity index (χ1v) is 10.6. The molecule has 0 aliphatic carbocycles. The van der Waals surface area contributed by atoms with Gasteiger partial charge < -0.3 is 15.0 Å². The molecule has 3 aromatic rings. The van der Waals surface area contributed by atoms with E-state index in [0.29, 0.717) is 16.7 Å². The number of β-amino-alcohol motifs (C(OH)–C–C–N with tert-alkyl or cyclic N) is 1. The third-order valence-corrected chi connectivity index (χ3v) is 7.54. The van der Waals surface area contributed by atoms with Gasteiger partial charge >= 0.3 is 0 Å². The lowest BCUT2D eigenvalue weighted by molar-refractivity contribution is -0.0711. The number of thiophene rings is 1. The lowest BCUT2D eigenvalue weighted by Crippen LogP contribution is -2.31. The van der Waals surface area contributed by atoms with Crippen LogP contribution >= 0.6 is 11.3 Å². The number of anilines is 2. The molecule has 1 saturated heterocycles. The molecule has 7 nitrogen and oxygen atoms in total. The van der Waals surface area contributed by atoms with E-state index in [1.165, 1.54) is 29.3 Å². The maximum atomic E-state index is 14.3. The van der Waals surface area contributed by atoms with Crippen molar-refractivity contribution in [2.75, 3.05) is 22.7 Å². The second kappa shape index (κ2) is 6.75. The Labute approximate surface area is 166 Å². The fraction of sp³-hybridized carbons (Fsp3) is 0.235. The number of H-pyrrole nitrogens is 1. The Morgan fingerprint density at radius 1 is 1.28 bits per heavy atom. The number of nitrogens with zero attached hydrogens (tertiary/aromatic N) is 1. The van der Waals surface area contributed by atoms with Crippen LogP contribution in [0.2, 0.25) is 0 Å². The molecule has 3 N–H and O–H groups in total. The van der Waals surface area contributed by atoms with Crippen molar-refractivity contribution in [3.8, 4) is 0 Å². The largest absolute Gasteiger partial charge is 0.385 e. The van der Waals surface area contributed by atoms with Crippen LogP contribution in [0.1, 0.15) is 0 Å². The third kappa shape index (κ3) is 3.58. The molecule has 0 radical (unpaired) electrons. The second-order valence-corrected chi connectivity index (χ2v) is 9.55. The number of aromatic amines is 1. The van der Waals surface area contributed by atoms with Crippen molar-refractivity contribution in [3.63, 3.8) is 0 Å². The molecule has 1 aliphatic heterocycles. The summed E-state index contributed by atoms with van der Waals surface area (Å²) in [5.74, 6) is -4.16. The molecule has 0 saturated carbocycles. The van der Waals surface area contributed by atoms with Crippen LogP contribution in [-0.2, 0) is 10.0 Å². The van der Waals surface area contributed by atoms with Gasteiger partial charge in [-0.2, -0.15) is 0 Å². The predicted octanol–water partition coefficient (Wildman–Crippen LogP) is 2.35. The number of aliphatic hydroxyl groups excluding tert-OH is 1. The molecular weight excluding hydrogens is 431 g/mol. The van der Waals surface area contributed by atoms with Crippen LogP contribution < -0.4 is 15.2 Å². The van der Waals surface area contributed by atoms with Crippen molar-refractivity contribution in [1.82, 2.24) is 4.98 Å². The molecule has 1 fully saturated rings. The zero-order valence-corrected chi connectivity index (χ0v) is 16.2. The first-order chi connectivity index (χ1) is 13.6. The number of rotatable bonds is 4. The van der Waals surface area contributed by atoms with Gasteiger partial charge in [-0.25, -0.2) is 21.6 Å². The molecule has 12 heteroatoms. The Balaban J connectivity index is 1.63. The number of sulfonamides is 1. The second-order valence-electron chi connectivity index (χ2n) is 6.58. The number of fused-ring (bicyclic) bond motifs is 1. The van der Waals surface area contributed by atoms with Crippen LogP contribution in [0.15, 0.2) is 45.5 Å². The van der Waals surface area contributed by atoms with E-state index in [1.807, 2.05) is 0 Å². The lowest BCUT2D eigenvalue weighted by atomic mass is 10.1. The van der Waals surface area contributed by atoms with Crippen molar-refractivity contribution in [2.24, 2.45) is 0 Å². The number of nitrogens with one attached hydrogen (secondary N) is 2. The Morgan fingerprint density at radius 2 is 2.03 bits per heavy atom. The summed E-state index contributed by atoms with van der Waals surface area (Å²) in [5.41, 5.74) is -0.915. The minimum absolute atomic E-state index is 0.103. The number of aliphatic hydroxyl groups is 1. The van der Waals surface area contributed by atoms with Gasteiger partial charge in [0.25, 0.3) is 21.5 Å². The van der Waals surface area contributed by atoms with Gasteiger partial charge in [0.2, 0.25) is 0 Å². The number of aromatic nitrogens is 1. The van der Waals surface area contributed by atoms with Gasteiger partial charge in [-0.15, -0.1) is 11.3 Å². The molecule has 0 bridgehead atoms. The maximum Gasteiger partial charge on any atom is 0.292 e. The van der Waals surface area contributed by atoms with E-state index in [-0.39, 0.29) is 21.1 Å². The van der Waals surface area contributed by atoms with Crippen molar-refractivity contribution in [1.29, 1.82) is 0 Å². The van der Waals surface area contributed by atoms with E-state index < -0.39 is 45.7 Å². The van der Waals surface area contributed by atoms with Crippen molar-refractivity contribution in [3.05, 3.63) is 52.7 Å². The average molecular weight is 445 g/mol. The highest BCUT2D eigenvalue weighted by Crippen LogP contribution is 2.37. The lowest BCUT2D eigenvalue weighted by Gasteiger charge is -2.14. The van der Waals surface area contributed by atoms with E-state index in [0.717, 1.165) is 12.1 Å². The summed E-state index contributed by atoms with van der Waals surface area (Å²) in [6.07, 6.45) is -0.493. The fourth-order valence-corrected chi connectivity index (χ4v) is 5.40. The van der Waals surface area contributed by atoms with E-state index in [2.05, 4.69) is 9.71 Å². The minimum Gasteiger partial charge on any atom is -0.385 e. The SMILES string of the molecule is O=c1[nH]ccc2cc(F)c(NS(=O)(=O)c3ccc(N4C[C@H](O)C(F)(F)C4)s3)cc12. The smallest absolute Gasteiger partial charge is 0.292 e. The summed E-state index contributed by atoms with van der Waals surface area (Å²) >= 11 is 0.712. The third-order valence-electron chi connectivity index (χ3n) is 4.53. The number of halogens is 3. The molecule has 1 aromatic carbocycles. The monoisotopic (exact) mass is 445 g/mol. The van der Waals surface area contributed by atoms with E-state index >= 15 is 0 Å². The predicted molar refractivity (Wildman–Crippen MR) is 103 cm³/mol. The molecule has 29 heavy (non-hydrogen) atoms. The highest BCUT2D eigenvalue weighted by atomic mass is 32.2. The van der Waals surface area contributed by atoms with Crippen LogP contribution in [0.5, 0.6) is 0 Å². The number of alkyl halides is 2. The zero-order valence-electron chi connectivity index (χ0n) is 14.5. The molecule has 0 spiro atoms. The zero-order chi connectivity index (χ0) is 21.0. The Bertz CT molecular complexity index is 1260. The molecule has 4 rings (SSSR count). The summed E-state index contributed by atoms with van der Waals surface area (Å²) in [5, 5.41) is 10.0. The van der Waals surface area contributed by atoms with Crippen molar-refractivity contribution >= 4 is 42.8 Å². The number of pyridine rings is 1. The van der Waals surface area contributed by atoms with Gasteiger partial charge in [-0.1, -0.05) is 0 Å². The maximum absolute atomic E-state index is 14.3. The van der Waals surface area contributed by atoms with Gasteiger partial charge in [0.1, 0.15) is 16.1 Å². The van der Waals surface area contributed by atoms with E-state index in [4.69, 9.17) is 0 Å². The summed E-state index contributed by atoms with van der Waals surface area (Å²) in [4.78, 5) is 15.5. The minimum atomic E-state index is -4.23. The standard InChI is InChI=1S/C17H14F3N3O4S2/c18-11-5-9-3-4-21-16(25)10(9)6-12(11)22-29(26,27)15-2-1-14(28-15)23-7-13(24)17(19,20)8-23/h1-6,13,22,24H,7-8H2,(H,21,25)/t13-/m0/s1. The summed E-state index contributed by atoms with van der Waals surface area (Å²) in [6.45, 7) is -1.06. The number of benzene rings is 1. The summed E-state index contributed by atoms with van der Waals surface area (Å²) in [7, 11) is -4.23. The van der Waals surface area contributed by atoms with Gasteiger partial charge in [0, 0.05) is 11.6 Å². The summed E-state index contributed by atoms with van der Waals surface area (Å²) in [6, 6.07) is 6.15. The van der Waals surface area contributed by atoms with Crippen LogP contribution in [-0.4, -0.2) is 43.6 Å². The average Bonchev–Trinajstić information content (AvgIpc) is 3.22. The van der Waals surface area contributed by atoms with E-state index in [9.17, 15) is 31.5 Å². The van der Waals surface area contributed by atoms with Crippen molar-refractivity contribution in [2.45, 2.75) is 16.2 Å². The van der Waals surface area contributed by atoms with Gasteiger partial charge in [-0.05, 0) is 35.7 Å². The summed E-state index contributed by atoms with van der Waals surface area (Å²) < 4.78 is 68.5. The quantitative estimate of drug-likeness (QED) is 0.572. The topological polar surface area (TPSA) is 102 Å². The van der Waals surface area contributed by atoms with E-state index in [1.54, 1.807) is 0 Å². The molecule has 3 heterocycles. The highest BCUT2D eigenvalue weighted by Gasteiger charge is 2.47. The highest BCUT2D eigenvalue weighted by molar-refractivity contribution is 7.94. The molecule has 1 atom stereocenters. The molecule has 0 amide bonds. The Morgan fingerprint density at radius 3 is 2.72 bits per heavy atom. The van der Waals surface area contributed by atoms with Crippen LogP contribution in [0.25, 0.3) is 10.8 Å². The first-order valence-electron chi connectivity index (χ1n) is 8.31. The molecule has 2 aromatic heterocycles. The van der Waals surface area contributed by atoms with Crippen molar-refractivity contribution < 1.29 is 26.7 Å². The van der Waals surface area contributed by atoms with Gasteiger partial charge in [-0.3, -0.25) is 9.52 Å². The first kappa shape index (κ1) is 19.7. The Hall–Kier alpha value is -2.57. The fourth-order valence-electron chi connectivity index (χ4n) is 3.04. The molecule has 1 aliphatic rings. The normalized spacial score (nSPS) is 19.0. The Kier molecular flexibility index (Phi) is 4.59. The number of hydrogen-bond donors (Lipinski definition) is 3. The van der Waals surface area contributed by atoms with Crippen LogP contribution in [0, 0.1) is 5.82 Å². The van der Waals surface area contributed by atoms with Gasteiger partial charge in [0.15, 0.2) is 0 Å². The molecule has 154 valence electrons. The molecular formula is C17H14F3N3O4S2. The van der Waals surface area contributed by atoms with Crippen LogP contribution in [0.3, 0.4) is 0 Å². The molecule has 0 unspecified atom stereocenters.